The van der Waals surface area contributed by atoms with E-state index in [1.165, 1.54) is 30.4 Å². The van der Waals surface area contributed by atoms with E-state index in [-0.39, 0.29) is 34.6 Å². The molecule has 7 atom stereocenters. The summed E-state index contributed by atoms with van der Waals surface area (Å²) >= 11 is 0. The van der Waals surface area contributed by atoms with Gasteiger partial charge in [-0.15, -0.1) is 0 Å². The highest BCUT2D eigenvalue weighted by atomic mass is 16.5. The third-order valence-electron chi connectivity index (χ3n) is 10.1. The van der Waals surface area contributed by atoms with E-state index in [9.17, 15) is 9.59 Å². The number of ketones is 1. The molecule has 35 heavy (non-hydrogen) atoms. The van der Waals surface area contributed by atoms with Gasteiger partial charge in [-0.2, -0.15) is 0 Å². The zero-order valence-corrected chi connectivity index (χ0v) is 21.6. The maximum Gasteiger partial charge on any atom is 0.308 e. The lowest BCUT2D eigenvalue weighted by atomic mass is 9.44. The Hall–Kier alpha value is -2.16. The van der Waals surface area contributed by atoms with Crippen molar-refractivity contribution in [1.82, 2.24) is 0 Å². The van der Waals surface area contributed by atoms with Gasteiger partial charge in [0.05, 0.1) is 5.92 Å². The fraction of sp³-hybridized carbons (Fsp3) is 0.625. The van der Waals surface area contributed by atoms with Crippen LogP contribution < -0.4 is 0 Å². The molecule has 0 heterocycles. The molecule has 0 saturated heterocycles. The van der Waals surface area contributed by atoms with Gasteiger partial charge in [0.1, 0.15) is 6.10 Å². The predicted octanol–water partition coefficient (Wildman–Crippen LogP) is 7.57. The van der Waals surface area contributed by atoms with Crippen LogP contribution in [0.15, 0.2) is 54.6 Å². The summed E-state index contributed by atoms with van der Waals surface area (Å²) in [6.07, 6.45) is 15.5. The highest BCUT2D eigenvalue weighted by molar-refractivity contribution is 5.96. The summed E-state index contributed by atoms with van der Waals surface area (Å²) < 4.78 is 6.12. The molecule has 6 rings (SSSR count). The van der Waals surface area contributed by atoms with Crippen LogP contribution in [0.4, 0.5) is 0 Å². The molecular formula is C32H42O3. The molecule has 1 aromatic carbocycles. The van der Waals surface area contributed by atoms with E-state index < -0.39 is 0 Å². The molecule has 3 heteroatoms. The van der Waals surface area contributed by atoms with E-state index in [1.54, 1.807) is 0 Å². The third-order valence-corrected chi connectivity index (χ3v) is 10.1. The summed E-state index contributed by atoms with van der Waals surface area (Å²) in [6.45, 7) is 8.56. The Morgan fingerprint density at radius 3 is 2.71 bits per heavy atom. The summed E-state index contributed by atoms with van der Waals surface area (Å²) in [5.41, 5.74) is 2.49. The second-order valence-corrected chi connectivity index (χ2v) is 12.3. The highest BCUT2D eigenvalue weighted by Crippen LogP contribution is 2.64. The molecule has 0 amide bonds. The van der Waals surface area contributed by atoms with Crippen molar-refractivity contribution in [3.05, 3.63) is 60.2 Å². The molecular weight excluding hydrogens is 432 g/mol. The van der Waals surface area contributed by atoms with Crippen molar-refractivity contribution in [2.75, 3.05) is 0 Å². The number of carbonyl (C=O) groups excluding carboxylic acids is 2. The maximum absolute atomic E-state index is 13.2. The second-order valence-electron chi connectivity index (χ2n) is 12.3. The molecule has 4 saturated carbocycles. The van der Waals surface area contributed by atoms with Gasteiger partial charge in [-0.1, -0.05) is 75.2 Å². The quantitative estimate of drug-likeness (QED) is 0.302. The van der Waals surface area contributed by atoms with Crippen LogP contribution in [-0.4, -0.2) is 17.9 Å². The lowest BCUT2D eigenvalue weighted by Crippen LogP contribution is -2.53. The zero-order valence-electron chi connectivity index (χ0n) is 21.6. The number of fused-ring (bicyclic) bond motifs is 2. The van der Waals surface area contributed by atoms with Crippen molar-refractivity contribution in [3.8, 4) is 0 Å². The SMILES string of the molecule is C=C1C[C@@]23C=CC(=O)[C@@](C)(CCC[C@@H](C)C(=O)O[C@H]4CCCC[C@@H]4c4ccccc4)[C@@H]2C[C@@H]1CC3. The number of carbonyl (C=O) groups is 2. The van der Waals surface area contributed by atoms with Crippen LogP contribution >= 0.6 is 0 Å². The molecule has 1 aromatic rings. The van der Waals surface area contributed by atoms with Crippen molar-refractivity contribution in [2.24, 2.45) is 28.6 Å². The third kappa shape index (κ3) is 4.56. The number of benzene rings is 1. The number of allylic oxidation sites excluding steroid dienone is 3. The highest BCUT2D eigenvalue weighted by Gasteiger charge is 2.58. The molecule has 0 aliphatic heterocycles. The molecule has 5 aliphatic carbocycles. The minimum atomic E-state index is -0.320. The van der Waals surface area contributed by atoms with Crippen molar-refractivity contribution >= 4 is 11.8 Å². The van der Waals surface area contributed by atoms with Crippen LogP contribution in [0.5, 0.6) is 0 Å². The van der Waals surface area contributed by atoms with E-state index in [0.29, 0.717) is 17.8 Å². The lowest BCUT2D eigenvalue weighted by molar-refractivity contribution is -0.156. The van der Waals surface area contributed by atoms with Gasteiger partial charge < -0.3 is 4.74 Å². The summed E-state index contributed by atoms with van der Waals surface area (Å²) in [5, 5.41) is 0. The number of esters is 1. The fourth-order valence-electron chi connectivity index (χ4n) is 7.94. The lowest BCUT2D eigenvalue weighted by Gasteiger charge is -2.59. The molecule has 2 bridgehead atoms. The zero-order chi connectivity index (χ0) is 24.6. The molecule has 0 radical (unpaired) electrons. The maximum atomic E-state index is 13.2. The van der Waals surface area contributed by atoms with Gasteiger partial charge in [0, 0.05) is 11.3 Å². The Morgan fingerprint density at radius 2 is 1.94 bits per heavy atom. The number of ether oxygens (including phenoxy) is 1. The Labute approximate surface area is 211 Å². The largest absolute Gasteiger partial charge is 0.462 e. The Balaban J connectivity index is 1.18. The smallest absolute Gasteiger partial charge is 0.308 e. The molecule has 0 unspecified atom stereocenters. The second kappa shape index (κ2) is 9.71. The average Bonchev–Trinajstić information content (AvgIpc) is 2.87. The van der Waals surface area contributed by atoms with Crippen molar-refractivity contribution in [3.63, 3.8) is 0 Å². The molecule has 4 fully saturated rings. The molecule has 0 N–H and O–H groups in total. The topological polar surface area (TPSA) is 43.4 Å². The Kier molecular flexibility index (Phi) is 6.81. The predicted molar refractivity (Wildman–Crippen MR) is 140 cm³/mol. The van der Waals surface area contributed by atoms with Gasteiger partial charge in [-0.3, -0.25) is 9.59 Å². The van der Waals surface area contributed by atoms with Crippen LogP contribution in [0.3, 0.4) is 0 Å². The first-order chi connectivity index (χ1) is 16.8. The van der Waals surface area contributed by atoms with E-state index >= 15 is 0 Å². The van der Waals surface area contributed by atoms with Crippen molar-refractivity contribution in [2.45, 2.75) is 96.5 Å². The van der Waals surface area contributed by atoms with Gasteiger partial charge >= 0.3 is 5.97 Å². The standard InChI is InChI=1S/C32H42O3/c1-22(30(34)35-27-14-8-7-13-26(27)24-11-5-4-6-12-24)10-9-17-31(3)28-20-25-15-18-32(28,21-23(25)2)19-16-29(31)33/h4-6,11-12,16,19,22,25-28H,2,7-10,13-15,17-18,20-21H2,1,3H3/t22-,25+,26-,27+,28+,31+,32-/m1/s1. The Bertz CT molecular complexity index is 993. The average molecular weight is 475 g/mol. The molecule has 0 aromatic heterocycles. The van der Waals surface area contributed by atoms with Crippen LogP contribution in [0.1, 0.15) is 96.0 Å². The first kappa shape index (κ1) is 24.5. The van der Waals surface area contributed by atoms with Crippen molar-refractivity contribution < 1.29 is 14.3 Å². The molecule has 1 spiro atoms. The van der Waals surface area contributed by atoms with Crippen LogP contribution in [0, 0.1) is 28.6 Å². The minimum Gasteiger partial charge on any atom is -0.462 e. The monoisotopic (exact) mass is 474 g/mol. The van der Waals surface area contributed by atoms with Crippen LogP contribution in [0.2, 0.25) is 0 Å². The van der Waals surface area contributed by atoms with E-state index in [1.807, 2.05) is 19.1 Å². The first-order valence-electron chi connectivity index (χ1n) is 14.0. The summed E-state index contributed by atoms with van der Waals surface area (Å²) in [4.78, 5) is 26.2. The van der Waals surface area contributed by atoms with Gasteiger partial charge in [-0.25, -0.2) is 0 Å². The number of hydrogen-bond acceptors (Lipinski definition) is 3. The van der Waals surface area contributed by atoms with Gasteiger partial charge in [0.25, 0.3) is 0 Å². The molecule has 5 aliphatic rings. The summed E-state index contributed by atoms with van der Waals surface area (Å²) in [5.74, 6) is 1.38. The summed E-state index contributed by atoms with van der Waals surface area (Å²) in [7, 11) is 0. The first-order valence-corrected chi connectivity index (χ1v) is 14.0. The Morgan fingerprint density at radius 1 is 1.17 bits per heavy atom. The van der Waals surface area contributed by atoms with Crippen LogP contribution in [0.25, 0.3) is 0 Å². The number of rotatable bonds is 7. The van der Waals surface area contributed by atoms with Gasteiger partial charge in [-0.05, 0) is 86.7 Å². The van der Waals surface area contributed by atoms with E-state index in [4.69, 9.17) is 4.74 Å². The van der Waals surface area contributed by atoms with E-state index in [2.05, 4.69) is 43.8 Å². The fourth-order valence-corrected chi connectivity index (χ4v) is 7.94. The minimum absolute atomic E-state index is 0.0191. The van der Waals surface area contributed by atoms with Crippen LogP contribution in [-0.2, 0) is 14.3 Å². The van der Waals surface area contributed by atoms with E-state index in [0.717, 1.165) is 51.4 Å². The normalized spacial score (nSPS) is 37.1. The van der Waals surface area contributed by atoms with Gasteiger partial charge in [0.2, 0.25) is 0 Å². The molecule has 188 valence electrons. The summed E-state index contributed by atoms with van der Waals surface area (Å²) in [6, 6.07) is 10.5. The molecule has 3 nitrogen and oxygen atoms in total. The van der Waals surface area contributed by atoms with Gasteiger partial charge in [0.15, 0.2) is 5.78 Å². The van der Waals surface area contributed by atoms with Crippen molar-refractivity contribution in [1.29, 1.82) is 0 Å². The number of hydrogen-bond donors (Lipinski definition) is 0.